The molecule has 0 saturated heterocycles. The van der Waals surface area contributed by atoms with Crippen LogP contribution < -0.4 is 10.6 Å². The van der Waals surface area contributed by atoms with Crippen LogP contribution in [0.25, 0.3) is 0 Å². The van der Waals surface area contributed by atoms with Gasteiger partial charge in [-0.25, -0.2) is 0 Å². The van der Waals surface area contributed by atoms with E-state index in [1.807, 2.05) is 61.5 Å². The molecular formula is C21H23N3O3. The zero-order valence-corrected chi connectivity index (χ0v) is 15.4. The monoisotopic (exact) mass is 365 g/mol. The minimum absolute atomic E-state index is 0.245. The molecule has 2 aromatic carbocycles. The molecule has 0 radical (unpaired) electrons. The molecule has 2 atom stereocenters. The van der Waals surface area contributed by atoms with Crippen molar-refractivity contribution >= 4 is 17.5 Å². The highest BCUT2D eigenvalue weighted by Gasteiger charge is 2.32. The number of likely N-dealkylation sites (N-methyl/N-ethyl adjacent to an activating group) is 1. The molecular weight excluding hydrogens is 342 g/mol. The molecule has 0 unspecified atom stereocenters. The molecule has 1 aliphatic rings. The SMILES string of the molecule is CNC(=O)[C@@H](Cc1ccccc1)NC(=O)[C@H]1CC(c2ccccc2C)=NO1. The summed E-state index contributed by atoms with van der Waals surface area (Å²) >= 11 is 0. The summed E-state index contributed by atoms with van der Waals surface area (Å²) in [6.07, 6.45) is 0.0509. The van der Waals surface area contributed by atoms with E-state index in [2.05, 4.69) is 15.8 Å². The van der Waals surface area contributed by atoms with Crippen molar-refractivity contribution in [2.45, 2.75) is 31.9 Å². The number of carbonyl (C=O) groups excluding carboxylic acids is 2. The van der Waals surface area contributed by atoms with Crippen LogP contribution in [0.1, 0.15) is 23.1 Å². The number of hydrogen-bond donors (Lipinski definition) is 2. The lowest BCUT2D eigenvalue weighted by Crippen LogP contribution is -2.50. The van der Waals surface area contributed by atoms with Gasteiger partial charge in [-0.1, -0.05) is 59.8 Å². The van der Waals surface area contributed by atoms with Crippen molar-refractivity contribution < 1.29 is 14.4 Å². The van der Waals surface area contributed by atoms with Gasteiger partial charge in [-0.15, -0.1) is 0 Å². The van der Waals surface area contributed by atoms with Crippen LogP contribution in [0, 0.1) is 6.92 Å². The summed E-state index contributed by atoms with van der Waals surface area (Å²) in [7, 11) is 1.55. The number of carbonyl (C=O) groups is 2. The molecule has 1 aliphatic heterocycles. The van der Waals surface area contributed by atoms with Crippen LogP contribution in [-0.2, 0) is 20.8 Å². The van der Waals surface area contributed by atoms with Crippen LogP contribution in [0.4, 0.5) is 0 Å². The summed E-state index contributed by atoms with van der Waals surface area (Å²) in [5.74, 6) is -0.586. The number of benzene rings is 2. The van der Waals surface area contributed by atoms with Crippen LogP contribution >= 0.6 is 0 Å². The third-order valence-electron chi connectivity index (χ3n) is 4.58. The molecule has 1 heterocycles. The molecule has 2 amide bonds. The number of nitrogens with one attached hydrogen (secondary N) is 2. The van der Waals surface area contributed by atoms with Gasteiger partial charge in [0.1, 0.15) is 6.04 Å². The highest BCUT2D eigenvalue weighted by Crippen LogP contribution is 2.19. The first-order valence-corrected chi connectivity index (χ1v) is 8.93. The molecule has 6 nitrogen and oxygen atoms in total. The van der Waals surface area contributed by atoms with Gasteiger partial charge in [0.05, 0.1) is 5.71 Å². The van der Waals surface area contributed by atoms with E-state index in [9.17, 15) is 9.59 Å². The molecule has 27 heavy (non-hydrogen) atoms. The predicted octanol–water partition coefficient (Wildman–Crippen LogP) is 1.96. The normalized spacial score (nSPS) is 16.8. The van der Waals surface area contributed by atoms with Gasteiger partial charge in [0.15, 0.2) is 0 Å². The molecule has 140 valence electrons. The minimum atomic E-state index is -0.734. The molecule has 0 spiro atoms. The van der Waals surface area contributed by atoms with Crippen molar-refractivity contribution in [3.05, 3.63) is 71.3 Å². The Bertz CT molecular complexity index is 849. The number of hydrogen-bond acceptors (Lipinski definition) is 4. The molecule has 0 saturated carbocycles. The van der Waals surface area contributed by atoms with Gasteiger partial charge < -0.3 is 15.5 Å². The van der Waals surface area contributed by atoms with Gasteiger partial charge in [0.25, 0.3) is 5.91 Å². The van der Waals surface area contributed by atoms with Gasteiger partial charge in [-0.3, -0.25) is 9.59 Å². The van der Waals surface area contributed by atoms with E-state index in [-0.39, 0.29) is 11.8 Å². The minimum Gasteiger partial charge on any atom is -0.382 e. The van der Waals surface area contributed by atoms with Crippen LogP contribution in [0.3, 0.4) is 0 Å². The highest BCUT2D eigenvalue weighted by atomic mass is 16.6. The van der Waals surface area contributed by atoms with E-state index in [1.54, 1.807) is 7.05 Å². The summed E-state index contributed by atoms with van der Waals surface area (Å²) in [6, 6.07) is 16.7. The van der Waals surface area contributed by atoms with Gasteiger partial charge in [0.2, 0.25) is 12.0 Å². The molecule has 0 aromatic heterocycles. The van der Waals surface area contributed by atoms with E-state index in [1.165, 1.54) is 0 Å². The van der Waals surface area contributed by atoms with Crippen LogP contribution in [-0.4, -0.2) is 36.7 Å². The third-order valence-corrected chi connectivity index (χ3v) is 4.58. The van der Waals surface area contributed by atoms with Gasteiger partial charge >= 0.3 is 0 Å². The lowest BCUT2D eigenvalue weighted by atomic mass is 10.00. The smallest absolute Gasteiger partial charge is 0.265 e. The number of amides is 2. The highest BCUT2D eigenvalue weighted by molar-refractivity contribution is 6.05. The van der Waals surface area contributed by atoms with Gasteiger partial charge in [0, 0.05) is 25.5 Å². The number of aryl methyl sites for hydroxylation is 1. The predicted molar refractivity (Wildman–Crippen MR) is 103 cm³/mol. The zero-order chi connectivity index (χ0) is 19.2. The Hall–Kier alpha value is -3.15. The van der Waals surface area contributed by atoms with Crippen LogP contribution in [0.2, 0.25) is 0 Å². The largest absolute Gasteiger partial charge is 0.382 e. The Morgan fingerprint density at radius 3 is 2.56 bits per heavy atom. The Morgan fingerprint density at radius 2 is 1.85 bits per heavy atom. The Morgan fingerprint density at radius 1 is 1.15 bits per heavy atom. The molecule has 2 N–H and O–H groups in total. The maximum absolute atomic E-state index is 12.6. The third kappa shape index (κ3) is 4.53. The average Bonchev–Trinajstić information content (AvgIpc) is 3.18. The first-order chi connectivity index (χ1) is 13.1. The standard InChI is InChI=1S/C21H23N3O3/c1-14-8-6-7-11-16(14)17-13-19(27-24-17)21(26)23-18(20(25)22-2)12-15-9-4-3-5-10-15/h3-11,18-19H,12-13H2,1-2H3,(H,22,25)(H,23,26)/t18-,19-/m1/s1. The Balaban J connectivity index is 1.65. The fraction of sp³-hybridized carbons (Fsp3) is 0.286. The van der Waals surface area contributed by atoms with Crippen LogP contribution in [0.5, 0.6) is 0 Å². The summed E-state index contributed by atoms with van der Waals surface area (Å²) in [5.41, 5.74) is 3.76. The number of oxime groups is 1. The topological polar surface area (TPSA) is 79.8 Å². The number of nitrogens with zero attached hydrogens (tertiary/aromatic N) is 1. The second-order valence-electron chi connectivity index (χ2n) is 6.52. The molecule has 2 aromatic rings. The van der Waals surface area contributed by atoms with Crippen molar-refractivity contribution in [2.24, 2.45) is 5.16 Å². The van der Waals surface area contributed by atoms with E-state index in [4.69, 9.17) is 4.84 Å². The van der Waals surface area contributed by atoms with E-state index >= 15 is 0 Å². The Labute approximate surface area is 158 Å². The van der Waals surface area contributed by atoms with Crippen LogP contribution in [0.15, 0.2) is 59.8 Å². The van der Waals surface area contributed by atoms with Crippen molar-refractivity contribution in [2.75, 3.05) is 7.05 Å². The summed E-state index contributed by atoms with van der Waals surface area (Å²) in [4.78, 5) is 30.2. The van der Waals surface area contributed by atoms with Crippen molar-refractivity contribution in [1.29, 1.82) is 0 Å². The maximum atomic E-state index is 12.6. The molecule has 6 heteroatoms. The molecule has 0 bridgehead atoms. The number of rotatable bonds is 6. The quantitative estimate of drug-likeness (QED) is 0.821. The van der Waals surface area contributed by atoms with Crippen molar-refractivity contribution in [3.8, 4) is 0 Å². The first-order valence-electron chi connectivity index (χ1n) is 8.93. The van der Waals surface area contributed by atoms with Gasteiger partial charge in [-0.2, -0.15) is 0 Å². The second-order valence-corrected chi connectivity index (χ2v) is 6.52. The van der Waals surface area contributed by atoms with Crippen molar-refractivity contribution in [3.63, 3.8) is 0 Å². The van der Waals surface area contributed by atoms with Gasteiger partial charge in [-0.05, 0) is 18.1 Å². The lowest BCUT2D eigenvalue weighted by molar-refractivity contribution is -0.135. The zero-order valence-electron chi connectivity index (χ0n) is 15.4. The van der Waals surface area contributed by atoms with E-state index < -0.39 is 12.1 Å². The first kappa shape index (κ1) is 18.6. The van der Waals surface area contributed by atoms with Crippen molar-refractivity contribution in [1.82, 2.24) is 10.6 Å². The van der Waals surface area contributed by atoms with E-state index in [0.29, 0.717) is 12.8 Å². The summed E-state index contributed by atoms with van der Waals surface area (Å²) in [5, 5.41) is 9.48. The summed E-state index contributed by atoms with van der Waals surface area (Å²) < 4.78 is 0. The Kier molecular flexibility index (Phi) is 5.86. The summed E-state index contributed by atoms with van der Waals surface area (Å²) in [6.45, 7) is 1.99. The molecule has 3 rings (SSSR count). The fourth-order valence-electron chi connectivity index (χ4n) is 3.07. The molecule has 0 fully saturated rings. The van der Waals surface area contributed by atoms with E-state index in [0.717, 1.165) is 22.4 Å². The molecule has 0 aliphatic carbocycles. The lowest BCUT2D eigenvalue weighted by Gasteiger charge is -2.19. The average molecular weight is 365 g/mol. The fourth-order valence-corrected chi connectivity index (χ4v) is 3.07. The second kappa shape index (κ2) is 8.49. The maximum Gasteiger partial charge on any atom is 0.265 e.